The molecule has 5 N–H and O–H groups in total. The van der Waals surface area contributed by atoms with Crippen molar-refractivity contribution in [1.29, 1.82) is 0 Å². The number of hydrogen-bond acceptors (Lipinski definition) is 11. The number of amides is 2. The van der Waals surface area contributed by atoms with Gasteiger partial charge in [0.2, 0.25) is 5.88 Å². The summed E-state index contributed by atoms with van der Waals surface area (Å²) in [7, 11) is 1.45. The van der Waals surface area contributed by atoms with Crippen LogP contribution in [0.3, 0.4) is 0 Å². The molecule has 14 nitrogen and oxygen atoms in total. The fourth-order valence-corrected chi connectivity index (χ4v) is 3.49. The first-order valence-electron chi connectivity index (χ1n) is 12.4. The first-order valence-corrected chi connectivity index (χ1v) is 12.4. The Hall–Kier alpha value is -4.53. The largest absolute Gasteiger partial charge is 0.479 e. The van der Waals surface area contributed by atoms with Crippen molar-refractivity contribution in [2.45, 2.75) is 52.3 Å². The second-order valence-electron chi connectivity index (χ2n) is 9.62. The number of alkyl carbamates (subject to hydrolysis) is 1. The van der Waals surface area contributed by atoms with Crippen molar-refractivity contribution in [1.82, 2.24) is 30.3 Å². The number of rotatable bonds is 12. The molecule has 0 spiro atoms. The zero-order valence-electron chi connectivity index (χ0n) is 23.2. The van der Waals surface area contributed by atoms with E-state index in [-0.39, 0.29) is 29.7 Å². The van der Waals surface area contributed by atoms with E-state index < -0.39 is 35.5 Å². The molecule has 2 amide bonds. The molecular weight excluding hydrogens is 525 g/mol. The number of hydrogen-bond donors (Lipinski definition) is 4. The minimum atomic E-state index is -0.901. The summed E-state index contributed by atoms with van der Waals surface area (Å²) in [6.45, 7) is 9.25. The molecule has 40 heavy (non-hydrogen) atoms. The molecule has 0 radical (unpaired) electrons. The van der Waals surface area contributed by atoms with Crippen molar-refractivity contribution in [2.75, 3.05) is 31.0 Å². The Kier molecular flexibility index (Phi) is 9.77. The Balaban J connectivity index is 1.92. The molecule has 3 aromatic rings. The molecule has 0 aliphatic heterocycles. The molecule has 15 heteroatoms. The highest BCUT2D eigenvalue weighted by atomic mass is 19.1. The molecule has 0 aliphatic rings. The van der Waals surface area contributed by atoms with E-state index in [1.807, 2.05) is 0 Å². The lowest BCUT2D eigenvalue weighted by Crippen LogP contribution is -2.48. The molecule has 0 unspecified atom stereocenters. The van der Waals surface area contributed by atoms with Crippen LogP contribution in [0.25, 0.3) is 5.69 Å². The van der Waals surface area contributed by atoms with Gasteiger partial charge in [-0.05, 0) is 46.8 Å². The van der Waals surface area contributed by atoms with Gasteiger partial charge in [0.25, 0.3) is 5.91 Å². The van der Waals surface area contributed by atoms with Crippen LogP contribution in [0.2, 0.25) is 0 Å². The summed E-state index contributed by atoms with van der Waals surface area (Å²) >= 11 is 0. The number of anilines is 3. The molecule has 0 saturated carbocycles. The standard InChI is InChI=1S/C25H34FN9O5/c1-7-39-13-18(14(2)31-24(37)40-25(3,4)5)33-22-17(26)11-16(20(27)36)21(34-22)32-15-10-19(23(38-6)28-12-15)35-29-8-9-30-35/h8-12,14,18H,7,13H2,1-6H3,(H2,27,36)(H,31,37)(H2,32,33,34)/t14-,18+/m0/s1. The highest BCUT2D eigenvalue weighted by molar-refractivity contribution is 5.98. The SMILES string of the molecule is CCOC[C@@H](Nc1nc(Nc2cnc(OC)c(-n3nccn3)c2)c(C(N)=O)cc1F)[C@H](C)NC(=O)OC(C)(C)C. The zero-order valence-corrected chi connectivity index (χ0v) is 23.2. The molecule has 2 atom stereocenters. The quantitative estimate of drug-likeness (QED) is 0.256. The summed E-state index contributed by atoms with van der Waals surface area (Å²) in [5.41, 5.74) is 5.39. The van der Waals surface area contributed by atoms with Crippen molar-refractivity contribution in [2.24, 2.45) is 5.73 Å². The smallest absolute Gasteiger partial charge is 0.407 e. The summed E-state index contributed by atoms with van der Waals surface area (Å²) < 4.78 is 31.3. The van der Waals surface area contributed by atoms with E-state index >= 15 is 4.39 Å². The maximum Gasteiger partial charge on any atom is 0.407 e. The molecule has 0 bridgehead atoms. The average Bonchev–Trinajstić information content (AvgIpc) is 3.41. The van der Waals surface area contributed by atoms with Gasteiger partial charge in [0, 0.05) is 6.61 Å². The van der Waals surface area contributed by atoms with Crippen LogP contribution in [-0.2, 0) is 9.47 Å². The van der Waals surface area contributed by atoms with E-state index in [1.54, 1.807) is 40.7 Å². The second kappa shape index (κ2) is 13.0. The molecule has 0 aromatic carbocycles. The van der Waals surface area contributed by atoms with Gasteiger partial charge in [0.1, 0.15) is 17.1 Å². The normalized spacial score (nSPS) is 12.8. The Morgan fingerprint density at radius 3 is 2.48 bits per heavy atom. The number of nitrogens with two attached hydrogens (primary N) is 1. The van der Waals surface area contributed by atoms with E-state index in [2.05, 4.69) is 36.1 Å². The van der Waals surface area contributed by atoms with E-state index in [1.165, 1.54) is 30.5 Å². The molecule has 0 aliphatic carbocycles. The maximum atomic E-state index is 15.1. The van der Waals surface area contributed by atoms with Crippen LogP contribution in [0.15, 0.2) is 30.7 Å². The molecule has 0 saturated heterocycles. The third kappa shape index (κ3) is 7.99. The van der Waals surface area contributed by atoms with Crippen molar-refractivity contribution < 1.29 is 28.2 Å². The fraction of sp³-hybridized carbons (Fsp3) is 0.440. The highest BCUT2D eigenvalue weighted by Gasteiger charge is 2.25. The lowest BCUT2D eigenvalue weighted by Gasteiger charge is -2.28. The maximum absolute atomic E-state index is 15.1. The first kappa shape index (κ1) is 30.0. The van der Waals surface area contributed by atoms with Crippen molar-refractivity contribution in [3.8, 4) is 11.6 Å². The van der Waals surface area contributed by atoms with Crippen LogP contribution in [0.1, 0.15) is 45.0 Å². The van der Waals surface area contributed by atoms with Crippen LogP contribution >= 0.6 is 0 Å². The average molecular weight is 560 g/mol. The van der Waals surface area contributed by atoms with Gasteiger partial charge < -0.3 is 35.9 Å². The number of carbonyl (C=O) groups excluding carboxylic acids is 2. The minimum Gasteiger partial charge on any atom is -0.479 e. The van der Waals surface area contributed by atoms with Crippen LogP contribution < -0.4 is 26.4 Å². The summed E-state index contributed by atoms with van der Waals surface area (Å²) in [5.74, 6) is -1.73. The lowest BCUT2D eigenvalue weighted by molar-refractivity contribution is 0.0487. The minimum absolute atomic E-state index is 0.0364. The van der Waals surface area contributed by atoms with Crippen molar-refractivity contribution >= 4 is 29.3 Å². The Bertz CT molecular complexity index is 1310. The number of carbonyl (C=O) groups is 2. The van der Waals surface area contributed by atoms with Crippen LogP contribution in [-0.4, -0.2) is 75.0 Å². The fourth-order valence-electron chi connectivity index (χ4n) is 3.49. The summed E-state index contributed by atoms with van der Waals surface area (Å²) in [5, 5.41) is 16.8. The first-order chi connectivity index (χ1) is 18.9. The summed E-state index contributed by atoms with van der Waals surface area (Å²) in [6.07, 6.45) is 3.76. The molecule has 3 aromatic heterocycles. The molecule has 216 valence electrons. The zero-order chi connectivity index (χ0) is 29.4. The van der Waals surface area contributed by atoms with Gasteiger partial charge in [-0.1, -0.05) is 0 Å². The predicted molar refractivity (Wildman–Crippen MR) is 144 cm³/mol. The number of nitrogens with one attached hydrogen (secondary N) is 3. The van der Waals surface area contributed by atoms with E-state index in [0.717, 1.165) is 6.07 Å². The van der Waals surface area contributed by atoms with Gasteiger partial charge in [-0.3, -0.25) is 4.79 Å². The number of aromatic nitrogens is 5. The second-order valence-corrected chi connectivity index (χ2v) is 9.62. The van der Waals surface area contributed by atoms with Gasteiger partial charge >= 0.3 is 6.09 Å². The van der Waals surface area contributed by atoms with Crippen LogP contribution in [0.5, 0.6) is 5.88 Å². The molecule has 3 heterocycles. The van der Waals surface area contributed by atoms with Gasteiger partial charge in [-0.25, -0.2) is 19.2 Å². The van der Waals surface area contributed by atoms with E-state index in [4.69, 9.17) is 19.9 Å². The monoisotopic (exact) mass is 559 g/mol. The van der Waals surface area contributed by atoms with Crippen molar-refractivity contribution in [3.05, 3.63) is 42.1 Å². The number of pyridine rings is 2. The number of halogens is 1. The van der Waals surface area contributed by atoms with Gasteiger partial charge in [-0.15, -0.1) is 4.80 Å². The molecule has 3 rings (SSSR count). The number of primary amides is 1. The number of nitrogens with zero attached hydrogens (tertiary/aromatic N) is 5. The number of ether oxygens (including phenoxy) is 3. The predicted octanol–water partition coefficient (Wildman–Crippen LogP) is 2.78. The summed E-state index contributed by atoms with van der Waals surface area (Å²) in [4.78, 5) is 34.3. The third-order valence-corrected chi connectivity index (χ3v) is 5.34. The molecular formula is C25H34FN9O5. The van der Waals surface area contributed by atoms with E-state index in [0.29, 0.717) is 18.0 Å². The Morgan fingerprint density at radius 1 is 1.18 bits per heavy atom. The Morgan fingerprint density at radius 2 is 1.88 bits per heavy atom. The number of methoxy groups -OCH3 is 1. The van der Waals surface area contributed by atoms with Crippen LogP contribution in [0, 0.1) is 5.82 Å². The van der Waals surface area contributed by atoms with Crippen LogP contribution in [0.4, 0.5) is 26.5 Å². The molecule has 0 fully saturated rings. The lowest BCUT2D eigenvalue weighted by atomic mass is 10.1. The summed E-state index contributed by atoms with van der Waals surface area (Å²) in [6, 6.07) is 1.39. The topological polar surface area (TPSA) is 180 Å². The highest BCUT2D eigenvalue weighted by Crippen LogP contribution is 2.27. The Labute approximate surface area is 230 Å². The van der Waals surface area contributed by atoms with E-state index in [9.17, 15) is 9.59 Å². The van der Waals surface area contributed by atoms with Crippen molar-refractivity contribution in [3.63, 3.8) is 0 Å². The van der Waals surface area contributed by atoms with Gasteiger partial charge in [-0.2, -0.15) is 10.2 Å². The van der Waals surface area contributed by atoms with Gasteiger partial charge in [0.05, 0.1) is 55.6 Å². The third-order valence-electron chi connectivity index (χ3n) is 5.34. The van der Waals surface area contributed by atoms with Gasteiger partial charge in [0.15, 0.2) is 11.6 Å².